The average molecular weight is 328 g/mol. The molecular weight excluding hydrogens is 310 g/mol. The molecule has 0 aliphatic rings. The first-order chi connectivity index (χ1) is 9.68. The maximum Gasteiger partial charge on any atom is 0.344 e. The van der Waals surface area contributed by atoms with Crippen LogP contribution in [0.1, 0.15) is 46.5 Å². The minimum Gasteiger partial charge on any atom is -0.267 e. The fraction of sp³-hybridized carbons (Fsp3) is 0.538. The Labute approximate surface area is 132 Å². The molecule has 6 nitrogen and oxygen atoms in total. The minimum absolute atomic E-state index is 0.0122. The van der Waals surface area contributed by atoms with Crippen molar-refractivity contribution in [3.05, 3.63) is 27.5 Å². The fourth-order valence-electron chi connectivity index (χ4n) is 1.70. The van der Waals surface area contributed by atoms with Gasteiger partial charge in [0.1, 0.15) is 16.0 Å². The van der Waals surface area contributed by atoms with E-state index < -0.39 is 0 Å². The Bertz CT molecular complexity index is 701. The van der Waals surface area contributed by atoms with Crippen molar-refractivity contribution in [1.82, 2.24) is 24.7 Å². The van der Waals surface area contributed by atoms with Gasteiger partial charge in [-0.1, -0.05) is 32.4 Å². The highest BCUT2D eigenvalue weighted by Crippen LogP contribution is 2.29. The van der Waals surface area contributed by atoms with Crippen LogP contribution in [0, 0.1) is 0 Å². The van der Waals surface area contributed by atoms with E-state index in [0.29, 0.717) is 21.2 Å². The first-order valence-electron chi connectivity index (χ1n) is 6.58. The Hall–Kier alpha value is -1.34. The van der Waals surface area contributed by atoms with E-state index in [4.69, 9.17) is 11.6 Å². The predicted octanol–water partition coefficient (Wildman–Crippen LogP) is 3.04. The van der Waals surface area contributed by atoms with E-state index in [9.17, 15) is 4.79 Å². The van der Waals surface area contributed by atoms with Gasteiger partial charge < -0.3 is 0 Å². The lowest BCUT2D eigenvalue weighted by Gasteiger charge is -2.17. The molecule has 0 fully saturated rings. The monoisotopic (exact) mass is 327 g/mol. The summed E-state index contributed by atoms with van der Waals surface area (Å²) in [6.45, 7) is 9.91. The molecule has 2 aromatic heterocycles. The van der Waals surface area contributed by atoms with E-state index >= 15 is 0 Å². The Morgan fingerprint density at radius 1 is 1.33 bits per heavy atom. The molecule has 1 N–H and O–H groups in total. The molecule has 0 amide bonds. The molecule has 21 heavy (non-hydrogen) atoms. The topological polar surface area (TPSA) is 76.5 Å². The van der Waals surface area contributed by atoms with E-state index in [0.717, 1.165) is 0 Å². The molecule has 0 radical (unpaired) electrons. The van der Waals surface area contributed by atoms with Gasteiger partial charge in [-0.15, -0.1) is 5.10 Å². The van der Waals surface area contributed by atoms with Gasteiger partial charge in [0.05, 0.1) is 0 Å². The molecule has 0 saturated heterocycles. The normalized spacial score (nSPS) is 12.1. The van der Waals surface area contributed by atoms with Gasteiger partial charge in [-0.25, -0.2) is 19.9 Å². The standard InChI is InChI=1S/C13H18ClN5OS/c1-7(2)19-11(20)17-18-12(19)21-9-6-8(14)15-10(16-9)13(3,4)5/h6-7H,1-5H3,(H,17,20). The van der Waals surface area contributed by atoms with E-state index in [1.807, 2.05) is 34.6 Å². The van der Waals surface area contributed by atoms with E-state index in [-0.39, 0.29) is 17.1 Å². The van der Waals surface area contributed by atoms with E-state index in [1.165, 1.54) is 11.8 Å². The Morgan fingerprint density at radius 3 is 2.57 bits per heavy atom. The summed E-state index contributed by atoms with van der Waals surface area (Å²) in [6, 6.07) is 1.68. The molecule has 0 unspecified atom stereocenters. The molecule has 0 aromatic carbocycles. The number of aromatic nitrogens is 5. The Balaban J connectivity index is 2.41. The summed E-state index contributed by atoms with van der Waals surface area (Å²) in [4.78, 5) is 20.5. The van der Waals surface area contributed by atoms with Crippen molar-refractivity contribution in [2.75, 3.05) is 0 Å². The van der Waals surface area contributed by atoms with Gasteiger partial charge in [-0.05, 0) is 25.6 Å². The van der Waals surface area contributed by atoms with Gasteiger partial charge in [0, 0.05) is 17.5 Å². The third-order valence-electron chi connectivity index (χ3n) is 2.73. The number of H-pyrrole nitrogens is 1. The maximum absolute atomic E-state index is 11.7. The molecule has 0 aliphatic carbocycles. The number of nitrogens with one attached hydrogen (secondary N) is 1. The van der Waals surface area contributed by atoms with Crippen molar-refractivity contribution in [3.8, 4) is 0 Å². The van der Waals surface area contributed by atoms with Gasteiger partial charge in [-0.2, -0.15) is 0 Å². The van der Waals surface area contributed by atoms with Crippen LogP contribution in [0.5, 0.6) is 0 Å². The summed E-state index contributed by atoms with van der Waals surface area (Å²) in [6.07, 6.45) is 0. The molecule has 0 bridgehead atoms. The number of hydrogen-bond donors (Lipinski definition) is 1. The van der Waals surface area contributed by atoms with Crippen LogP contribution < -0.4 is 5.69 Å². The molecule has 2 rings (SSSR count). The molecule has 0 atom stereocenters. The van der Waals surface area contributed by atoms with Crippen LogP contribution in [-0.2, 0) is 5.41 Å². The van der Waals surface area contributed by atoms with Crippen LogP contribution in [0.15, 0.2) is 21.0 Å². The highest BCUT2D eigenvalue weighted by molar-refractivity contribution is 7.99. The molecule has 0 aliphatic heterocycles. The van der Waals surface area contributed by atoms with Crippen molar-refractivity contribution in [3.63, 3.8) is 0 Å². The smallest absolute Gasteiger partial charge is 0.267 e. The quantitative estimate of drug-likeness (QED) is 0.877. The second-order valence-corrected chi connectivity index (χ2v) is 7.35. The van der Waals surface area contributed by atoms with Crippen molar-refractivity contribution in [2.24, 2.45) is 0 Å². The number of rotatable bonds is 3. The number of hydrogen-bond acceptors (Lipinski definition) is 5. The number of nitrogens with zero attached hydrogens (tertiary/aromatic N) is 4. The van der Waals surface area contributed by atoms with Crippen LogP contribution in [0.2, 0.25) is 5.15 Å². The lowest BCUT2D eigenvalue weighted by molar-refractivity contribution is 0.531. The van der Waals surface area contributed by atoms with Crippen molar-refractivity contribution in [2.45, 2.75) is 56.3 Å². The lowest BCUT2D eigenvalue weighted by Crippen LogP contribution is -2.19. The Morgan fingerprint density at radius 2 is 2.00 bits per heavy atom. The number of halogens is 1. The zero-order valence-electron chi connectivity index (χ0n) is 12.6. The van der Waals surface area contributed by atoms with E-state index in [1.54, 1.807) is 10.6 Å². The van der Waals surface area contributed by atoms with Gasteiger partial charge in [-0.3, -0.25) is 4.57 Å². The average Bonchev–Trinajstić information content (AvgIpc) is 2.68. The summed E-state index contributed by atoms with van der Waals surface area (Å²) in [5, 5.41) is 8.11. The van der Waals surface area contributed by atoms with Crippen molar-refractivity contribution in [1.29, 1.82) is 0 Å². The van der Waals surface area contributed by atoms with Crippen LogP contribution in [0.25, 0.3) is 0 Å². The van der Waals surface area contributed by atoms with Gasteiger partial charge in [0.25, 0.3) is 0 Å². The first-order valence-corrected chi connectivity index (χ1v) is 7.77. The third kappa shape index (κ3) is 3.65. The second kappa shape index (κ2) is 5.81. The summed E-state index contributed by atoms with van der Waals surface area (Å²) in [5.41, 5.74) is -0.438. The zero-order valence-corrected chi connectivity index (χ0v) is 14.2. The van der Waals surface area contributed by atoms with Crippen LogP contribution in [0.4, 0.5) is 0 Å². The SMILES string of the molecule is CC(C)n1c(Sc2cc(Cl)nc(C(C)(C)C)n2)n[nH]c1=O. The molecule has 0 saturated carbocycles. The highest BCUT2D eigenvalue weighted by Gasteiger charge is 2.20. The summed E-state index contributed by atoms with van der Waals surface area (Å²) < 4.78 is 1.58. The first kappa shape index (κ1) is 16.0. The zero-order chi connectivity index (χ0) is 15.8. The molecule has 114 valence electrons. The summed E-state index contributed by atoms with van der Waals surface area (Å²) in [7, 11) is 0. The molecule has 8 heteroatoms. The lowest BCUT2D eigenvalue weighted by atomic mass is 9.96. The minimum atomic E-state index is -0.233. The fourth-order valence-corrected chi connectivity index (χ4v) is 2.92. The van der Waals surface area contributed by atoms with Gasteiger partial charge in [0.2, 0.25) is 0 Å². The number of aromatic amines is 1. The third-order valence-corrected chi connectivity index (χ3v) is 3.81. The van der Waals surface area contributed by atoms with Crippen molar-refractivity contribution >= 4 is 23.4 Å². The maximum atomic E-state index is 11.7. The molecular formula is C13H18ClN5OS. The van der Waals surface area contributed by atoms with Crippen LogP contribution in [0.3, 0.4) is 0 Å². The second-order valence-electron chi connectivity index (χ2n) is 5.98. The van der Waals surface area contributed by atoms with Crippen LogP contribution >= 0.6 is 23.4 Å². The predicted molar refractivity (Wildman–Crippen MR) is 83.1 cm³/mol. The largest absolute Gasteiger partial charge is 0.344 e. The van der Waals surface area contributed by atoms with Gasteiger partial charge in [0.15, 0.2) is 5.16 Å². The van der Waals surface area contributed by atoms with Crippen LogP contribution in [-0.4, -0.2) is 24.7 Å². The molecule has 2 heterocycles. The Kier molecular flexibility index (Phi) is 4.43. The highest BCUT2D eigenvalue weighted by atomic mass is 35.5. The molecule has 0 spiro atoms. The molecule has 2 aromatic rings. The van der Waals surface area contributed by atoms with Gasteiger partial charge >= 0.3 is 5.69 Å². The van der Waals surface area contributed by atoms with E-state index in [2.05, 4.69) is 20.2 Å². The summed E-state index contributed by atoms with van der Waals surface area (Å²) >= 11 is 7.36. The summed E-state index contributed by atoms with van der Waals surface area (Å²) in [5.74, 6) is 0.659. The van der Waals surface area contributed by atoms with Crippen molar-refractivity contribution < 1.29 is 0 Å².